The third-order valence-electron chi connectivity index (χ3n) is 7.12. The van der Waals surface area contributed by atoms with Gasteiger partial charge in [-0.3, -0.25) is 0 Å². The maximum atomic E-state index is 14.1. The second kappa shape index (κ2) is 11.9. The molecule has 0 saturated heterocycles. The van der Waals surface area contributed by atoms with Crippen LogP contribution in [0.25, 0.3) is 28.0 Å². The molecule has 3 heterocycles. The predicted octanol–water partition coefficient (Wildman–Crippen LogP) is 6.12. The lowest BCUT2D eigenvalue weighted by molar-refractivity contribution is 0.397. The molecule has 0 fully saturated rings. The van der Waals surface area contributed by atoms with Crippen molar-refractivity contribution >= 4 is 32.0 Å². The highest BCUT2D eigenvalue weighted by Crippen LogP contribution is 2.36. The van der Waals surface area contributed by atoms with E-state index in [1.54, 1.807) is 30.9 Å². The quantitative estimate of drug-likeness (QED) is 0.199. The van der Waals surface area contributed by atoms with Gasteiger partial charge in [0.2, 0.25) is 10.0 Å². The van der Waals surface area contributed by atoms with Gasteiger partial charge in [-0.2, -0.15) is 9.40 Å². The molecule has 0 aliphatic carbocycles. The molecule has 0 unspecified atom stereocenters. The van der Waals surface area contributed by atoms with Gasteiger partial charge in [0.15, 0.2) is 5.13 Å². The summed E-state index contributed by atoms with van der Waals surface area (Å²) in [6.45, 7) is 0.368. The summed E-state index contributed by atoms with van der Waals surface area (Å²) in [7, 11) is -0.696. The van der Waals surface area contributed by atoms with Gasteiger partial charge in [0.25, 0.3) is 0 Å². The maximum absolute atomic E-state index is 14.1. The molecule has 0 bridgehead atoms. The van der Waals surface area contributed by atoms with Gasteiger partial charge in [-0.25, -0.2) is 17.9 Å². The van der Waals surface area contributed by atoms with Crippen LogP contribution >= 0.6 is 11.3 Å². The van der Waals surface area contributed by atoms with E-state index in [2.05, 4.69) is 4.98 Å². The highest BCUT2D eigenvalue weighted by Gasteiger charge is 2.26. The molecule has 9 nitrogen and oxygen atoms in total. The summed E-state index contributed by atoms with van der Waals surface area (Å²) < 4.78 is 42.1. The molecule has 0 radical (unpaired) electrons. The van der Waals surface area contributed by atoms with E-state index < -0.39 is 10.0 Å². The van der Waals surface area contributed by atoms with Crippen LogP contribution in [0.5, 0.6) is 11.5 Å². The smallest absolute Gasteiger partial charge is 0.243 e. The van der Waals surface area contributed by atoms with Crippen LogP contribution in [0.4, 0.5) is 5.13 Å². The second-order valence-electron chi connectivity index (χ2n) is 9.82. The van der Waals surface area contributed by atoms with Gasteiger partial charge in [-0.05, 0) is 65.2 Å². The second-order valence-corrected chi connectivity index (χ2v) is 12.6. The number of benzene rings is 3. The number of thiazole rings is 1. The molecule has 3 aromatic heterocycles. The summed E-state index contributed by atoms with van der Waals surface area (Å²) in [6.07, 6.45) is 1.87. The van der Waals surface area contributed by atoms with E-state index in [4.69, 9.17) is 20.3 Å². The van der Waals surface area contributed by atoms with Crippen molar-refractivity contribution in [3.63, 3.8) is 0 Å². The summed E-state index contributed by atoms with van der Waals surface area (Å²) >= 11 is 1.35. The number of nitrogen functional groups attached to an aromatic ring is 1. The van der Waals surface area contributed by atoms with Gasteiger partial charge in [-0.15, -0.1) is 11.3 Å². The van der Waals surface area contributed by atoms with Crippen molar-refractivity contribution in [3.05, 3.63) is 114 Å². The highest BCUT2D eigenvalue weighted by molar-refractivity contribution is 7.89. The first-order valence-electron chi connectivity index (χ1n) is 13.4. The Kier molecular flexibility index (Phi) is 7.85. The molecule has 0 atom stereocenters. The van der Waals surface area contributed by atoms with Crippen molar-refractivity contribution in [1.82, 2.24) is 18.9 Å². The molecular weight excluding hydrogens is 583 g/mol. The van der Waals surface area contributed by atoms with Gasteiger partial charge in [0.05, 0.1) is 24.6 Å². The fourth-order valence-electron chi connectivity index (χ4n) is 4.90. The molecule has 218 valence electrons. The van der Waals surface area contributed by atoms with Crippen molar-refractivity contribution in [1.29, 1.82) is 0 Å². The first-order chi connectivity index (χ1) is 20.9. The van der Waals surface area contributed by atoms with Gasteiger partial charge in [0.1, 0.15) is 22.9 Å². The Morgan fingerprint density at radius 2 is 1.44 bits per heavy atom. The topological polar surface area (TPSA) is 112 Å². The minimum absolute atomic E-state index is 0.184. The SMILES string of the molecule is COc1ccc(CN(Cc2ccc(OC)cc2)S(=O)(=O)c2ccc(-c3c(-c4csc(N)n4)nn4ccccc34)cc2)cc1. The Labute approximate surface area is 253 Å². The summed E-state index contributed by atoms with van der Waals surface area (Å²) in [5, 5.41) is 7.07. The van der Waals surface area contributed by atoms with Crippen LogP contribution in [-0.2, 0) is 23.1 Å². The van der Waals surface area contributed by atoms with Crippen LogP contribution in [0.2, 0.25) is 0 Å². The van der Waals surface area contributed by atoms with E-state index in [9.17, 15) is 8.42 Å². The lowest BCUT2D eigenvalue weighted by Crippen LogP contribution is -2.30. The number of nitrogens with two attached hydrogens (primary N) is 1. The average molecular weight is 612 g/mol. The molecule has 0 spiro atoms. The fourth-order valence-corrected chi connectivity index (χ4v) is 6.86. The summed E-state index contributed by atoms with van der Waals surface area (Å²) in [5.41, 5.74) is 11.5. The lowest BCUT2D eigenvalue weighted by atomic mass is 10.0. The number of aromatic nitrogens is 3. The monoisotopic (exact) mass is 611 g/mol. The van der Waals surface area contributed by atoms with E-state index in [-0.39, 0.29) is 18.0 Å². The molecule has 3 aromatic carbocycles. The zero-order valence-electron chi connectivity index (χ0n) is 23.5. The van der Waals surface area contributed by atoms with Crippen molar-refractivity contribution in [3.8, 4) is 34.0 Å². The molecule has 0 aliphatic rings. The third-order valence-corrected chi connectivity index (χ3v) is 9.60. The number of fused-ring (bicyclic) bond motifs is 1. The molecule has 6 aromatic rings. The van der Waals surface area contributed by atoms with Crippen molar-refractivity contribution in [2.24, 2.45) is 0 Å². The van der Waals surface area contributed by atoms with E-state index in [1.807, 2.05) is 90.4 Å². The fraction of sp³-hybridized carbons (Fsp3) is 0.125. The lowest BCUT2D eigenvalue weighted by Gasteiger charge is -2.23. The van der Waals surface area contributed by atoms with Gasteiger partial charge in [0, 0.05) is 30.2 Å². The maximum Gasteiger partial charge on any atom is 0.243 e. The number of rotatable bonds is 10. The molecule has 2 N–H and O–H groups in total. The van der Waals surface area contributed by atoms with Crippen LogP contribution in [0.1, 0.15) is 11.1 Å². The molecule has 11 heteroatoms. The number of ether oxygens (including phenoxy) is 2. The number of pyridine rings is 1. The van der Waals surface area contributed by atoms with Gasteiger partial charge in [-0.1, -0.05) is 42.5 Å². The zero-order valence-corrected chi connectivity index (χ0v) is 25.2. The predicted molar refractivity (Wildman–Crippen MR) is 169 cm³/mol. The van der Waals surface area contributed by atoms with Crippen molar-refractivity contribution < 1.29 is 17.9 Å². The summed E-state index contributed by atoms with van der Waals surface area (Å²) in [5.74, 6) is 1.41. The first kappa shape index (κ1) is 28.4. The highest BCUT2D eigenvalue weighted by atomic mass is 32.2. The number of hydrogen-bond acceptors (Lipinski definition) is 8. The first-order valence-corrected chi connectivity index (χ1v) is 15.7. The Bertz CT molecular complexity index is 1920. The average Bonchev–Trinajstić information content (AvgIpc) is 3.65. The Hall–Kier alpha value is -4.71. The van der Waals surface area contributed by atoms with E-state index in [0.29, 0.717) is 28.0 Å². The van der Waals surface area contributed by atoms with Crippen molar-refractivity contribution in [2.45, 2.75) is 18.0 Å². The van der Waals surface area contributed by atoms with Crippen molar-refractivity contribution in [2.75, 3.05) is 20.0 Å². The Balaban J connectivity index is 1.37. The zero-order chi connectivity index (χ0) is 30.0. The summed E-state index contributed by atoms with van der Waals surface area (Å²) in [6, 6.07) is 27.5. The van der Waals surface area contributed by atoms with Crippen LogP contribution < -0.4 is 15.2 Å². The number of hydrogen-bond donors (Lipinski definition) is 1. The Morgan fingerprint density at radius 3 is 1.98 bits per heavy atom. The third kappa shape index (κ3) is 5.82. The molecule has 43 heavy (non-hydrogen) atoms. The normalized spacial score (nSPS) is 11.7. The number of sulfonamides is 1. The van der Waals surface area contributed by atoms with E-state index in [0.717, 1.165) is 27.8 Å². The number of nitrogens with zero attached hydrogens (tertiary/aromatic N) is 4. The molecule has 6 rings (SSSR count). The number of anilines is 1. The Morgan fingerprint density at radius 1 is 0.837 bits per heavy atom. The minimum Gasteiger partial charge on any atom is -0.497 e. The largest absolute Gasteiger partial charge is 0.497 e. The van der Waals surface area contributed by atoms with Gasteiger partial charge < -0.3 is 15.2 Å². The standard InChI is InChI=1S/C32H29N5O4S2/c1-40-25-12-6-22(7-13-25)19-36(20-23-8-14-26(41-2)15-9-23)43(38,39)27-16-10-24(11-17-27)30-29-5-3-4-18-37(29)35-31(30)28-21-42-32(33)34-28/h3-18,21H,19-20H2,1-2H3,(H2,33,34). The van der Waals surface area contributed by atoms with Crippen LogP contribution in [0.15, 0.2) is 107 Å². The summed E-state index contributed by atoms with van der Waals surface area (Å²) in [4.78, 5) is 4.64. The van der Waals surface area contributed by atoms with Crippen LogP contribution in [0, 0.1) is 0 Å². The van der Waals surface area contributed by atoms with Crippen LogP contribution in [0.3, 0.4) is 0 Å². The van der Waals surface area contributed by atoms with E-state index >= 15 is 0 Å². The van der Waals surface area contributed by atoms with Gasteiger partial charge >= 0.3 is 0 Å². The minimum atomic E-state index is -3.89. The number of methoxy groups -OCH3 is 2. The van der Waals surface area contributed by atoms with Crippen LogP contribution in [-0.4, -0.2) is 41.5 Å². The molecule has 0 amide bonds. The molecule has 0 aliphatic heterocycles. The molecular formula is C32H29N5O4S2. The van der Waals surface area contributed by atoms with E-state index in [1.165, 1.54) is 15.6 Å². The molecule has 0 saturated carbocycles.